The third kappa shape index (κ3) is 2.43. The lowest BCUT2D eigenvalue weighted by molar-refractivity contribution is 0.258. The second-order valence-electron chi connectivity index (χ2n) is 4.39. The van der Waals surface area contributed by atoms with E-state index in [2.05, 4.69) is 9.97 Å². The molecule has 3 nitrogen and oxygen atoms in total. The molecular formula is C14H17FN2O. The topological polar surface area (TPSA) is 48.9 Å². The summed E-state index contributed by atoms with van der Waals surface area (Å²) >= 11 is 0. The van der Waals surface area contributed by atoms with Crippen LogP contribution in [0.25, 0.3) is 11.3 Å². The summed E-state index contributed by atoms with van der Waals surface area (Å²) in [5.41, 5.74) is 2.39. The molecule has 2 rings (SSSR count). The van der Waals surface area contributed by atoms with Crippen LogP contribution in [0.1, 0.15) is 30.8 Å². The fraction of sp³-hybridized carbons (Fsp3) is 0.357. The van der Waals surface area contributed by atoms with Crippen LogP contribution in [0.2, 0.25) is 0 Å². The number of rotatable bonds is 4. The van der Waals surface area contributed by atoms with Gasteiger partial charge in [-0.1, -0.05) is 19.1 Å². The van der Waals surface area contributed by atoms with Crippen molar-refractivity contribution in [2.45, 2.75) is 26.2 Å². The number of aliphatic hydroxyl groups is 1. The lowest BCUT2D eigenvalue weighted by atomic mass is 10.1. The predicted molar refractivity (Wildman–Crippen MR) is 68.8 cm³/mol. The van der Waals surface area contributed by atoms with Gasteiger partial charge in [0.2, 0.25) is 0 Å². The number of aryl methyl sites for hydroxylation is 1. The Hall–Kier alpha value is -1.68. The number of benzene rings is 1. The second kappa shape index (κ2) is 5.31. The van der Waals surface area contributed by atoms with Crippen molar-refractivity contribution in [2.24, 2.45) is 0 Å². The Morgan fingerprint density at radius 2 is 2.22 bits per heavy atom. The van der Waals surface area contributed by atoms with E-state index >= 15 is 0 Å². The monoisotopic (exact) mass is 248 g/mol. The van der Waals surface area contributed by atoms with Crippen molar-refractivity contribution in [3.63, 3.8) is 0 Å². The van der Waals surface area contributed by atoms with Gasteiger partial charge >= 0.3 is 0 Å². The Balaban J connectivity index is 2.40. The molecule has 0 aliphatic carbocycles. The normalized spacial score (nSPS) is 12.7. The molecule has 0 bridgehead atoms. The van der Waals surface area contributed by atoms with Crippen LogP contribution in [0.5, 0.6) is 0 Å². The molecule has 1 unspecified atom stereocenters. The van der Waals surface area contributed by atoms with Gasteiger partial charge in [-0.15, -0.1) is 0 Å². The number of imidazole rings is 1. The fourth-order valence-electron chi connectivity index (χ4n) is 2.00. The number of aliphatic hydroxyl groups excluding tert-OH is 1. The fourth-order valence-corrected chi connectivity index (χ4v) is 2.00. The Kier molecular flexibility index (Phi) is 3.77. The zero-order valence-electron chi connectivity index (χ0n) is 10.6. The third-order valence-corrected chi connectivity index (χ3v) is 3.10. The average molecular weight is 248 g/mol. The summed E-state index contributed by atoms with van der Waals surface area (Å²) in [6, 6.07) is 6.37. The molecule has 0 amide bonds. The molecule has 0 aliphatic heterocycles. The van der Waals surface area contributed by atoms with Gasteiger partial charge < -0.3 is 10.1 Å². The third-order valence-electron chi connectivity index (χ3n) is 3.10. The molecule has 2 N–H and O–H groups in total. The van der Waals surface area contributed by atoms with E-state index in [1.54, 1.807) is 6.07 Å². The number of nitrogens with zero attached hydrogens (tertiary/aromatic N) is 1. The summed E-state index contributed by atoms with van der Waals surface area (Å²) in [4.78, 5) is 7.65. The molecule has 0 radical (unpaired) electrons. The predicted octanol–water partition coefficient (Wildman–Crippen LogP) is 3.01. The van der Waals surface area contributed by atoms with Crippen molar-refractivity contribution in [1.29, 1.82) is 0 Å². The van der Waals surface area contributed by atoms with E-state index in [1.807, 2.05) is 19.9 Å². The summed E-state index contributed by atoms with van der Waals surface area (Å²) in [5, 5.41) is 9.27. The minimum absolute atomic E-state index is 0.00556. The quantitative estimate of drug-likeness (QED) is 0.873. The number of hydrogen-bond donors (Lipinski definition) is 2. The molecule has 4 heteroatoms. The van der Waals surface area contributed by atoms with Crippen molar-refractivity contribution in [1.82, 2.24) is 9.97 Å². The molecule has 0 saturated heterocycles. The summed E-state index contributed by atoms with van der Waals surface area (Å²) in [7, 11) is 0. The molecule has 1 aromatic carbocycles. The average Bonchev–Trinajstić information content (AvgIpc) is 2.73. The maximum absolute atomic E-state index is 13.2. The highest BCUT2D eigenvalue weighted by atomic mass is 19.1. The van der Waals surface area contributed by atoms with Crippen molar-refractivity contribution in [3.05, 3.63) is 41.6 Å². The number of hydrogen-bond acceptors (Lipinski definition) is 2. The highest BCUT2D eigenvalue weighted by molar-refractivity contribution is 5.61. The smallest absolute Gasteiger partial charge is 0.123 e. The first kappa shape index (κ1) is 12.8. The van der Waals surface area contributed by atoms with Crippen molar-refractivity contribution >= 4 is 0 Å². The molecule has 1 heterocycles. The molecule has 96 valence electrons. The molecule has 0 fully saturated rings. The Bertz CT molecular complexity index is 532. The van der Waals surface area contributed by atoms with E-state index in [4.69, 9.17) is 0 Å². The maximum atomic E-state index is 13.2. The van der Waals surface area contributed by atoms with Gasteiger partial charge in [0, 0.05) is 17.2 Å². The molecular weight excluding hydrogens is 231 g/mol. The van der Waals surface area contributed by atoms with Crippen molar-refractivity contribution in [2.75, 3.05) is 6.61 Å². The van der Waals surface area contributed by atoms with Crippen LogP contribution in [0, 0.1) is 12.7 Å². The number of aromatic nitrogens is 2. The van der Waals surface area contributed by atoms with Crippen LogP contribution >= 0.6 is 0 Å². The van der Waals surface area contributed by atoms with Gasteiger partial charge in [-0.05, 0) is 25.5 Å². The molecule has 1 aromatic heterocycles. The number of H-pyrrole nitrogens is 1. The SMILES string of the molecule is CCC(CO)c1nc(-c2cccc(F)c2)c(C)[nH]1. The maximum Gasteiger partial charge on any atom is 0.123 e. The van der Waals surface area contributed by atoms with E-state index in [1.165, 1.54) is 12.1 Å². The Morgan fingerprint density at radius 3 is 2.83 bits per heavy atom. The van der Waals surface area contributed by atoms with E-state index < -0.39 is 0 Å². The van der Waals surface area contributed by atoms with Crippen LogP contribution in [0.4, 0.5) is 4.39 Å². The lowest BCUT2D eigenvalue weighted by Gasteiger charge is -2.06. The summed E-state index contributed by atoms with van der Waals surface area (Å²) in [5.74, 6) is 0.494. The van der Waals surface area contributed by atoms with Gasteiger partial charge in [0.1, 0.15) is 11.6 Å². The largest absolute Gasteiger partial charge is 0.396 e. The standard InChI is InChI=1S/C14H17FN2O/c1-3-10(8-18)14-16-9(2)13(17-14)11-5-4-6-12(15)7-11/h4-7,10,18H,3,8H2,1-2H3,(H,16,17). The summed E-state index contributed by atoms with van der Waals surface area (Å²) < 4.78 is 13.2. The van der Waals surface area contributed by atoms with E-state index in [0.29, 0.717) is 0 Å². The van der Waals surface area contributed by atoms with Crippen LogP contribution in [-0.2, 0) is 0 Å². The first-order chi connectivity index (χ1) is 8.65. The van der Waals surface area contributed by atoms with Gasteiger partial charge in [-0.2, -0.15) is 0 Å². The number of nitrogens with one attached hydrogen (secondary N) is 1. The van der Waals surface area contributed by atoms with Crippen LogP contribution in [0.3, 0.4) is 0 Å². The molecule has 0 saturated carbocycles. The molecule has 18 heavy (non-hydrogen) atoms. The Morgan fingerprint density at radius 1 is 1.44 bits per heavy atom. The van der Waals surface area contributed by atoms with Gasteiger partial charge in [0.15, 0.2) is 0 Å². The second-order valence-corrected chi connectivity index (χ2v) is 4.39. The van der Waals surface area contributed by atoms with E-state index in [0.717, 1.165) is 29.2 Å². The Labute approximate surface area is 106 Å². The van der Waals surface area contributed by atoms with E-state index in [-0.39, 0.29) is 18.3 Å². The van der Waals surface area contributed by atoms with Gasteiger partial charge in [0.25, 0.3) is 0 Å². The zero-order chi connectivity index (χ0) is 13.1. The van der Waals surface area contributed by atoms with Gasteiger partial charge in [-0.3, -0.25) is 0 Å². The van der Waals surface area contributed by atoms with Gasteiger partial charge in [-0.25, -0.2) is 9.37 Å². The first-order valence-corrected chi connectivity index (χ1v) is 6.09. The summed E-state index contributed by atoms with van der Waals surface area (Å²) in [6.45, 7) is 3.97. The van der Waals surface area contributed by atoms with Crippen LogP contribution in [0.15, 0.2) is 24.3 Å². The summed E-state index contributed by atoms with van der Waals surface area (Å²) in [6.07, 6.45) is 0.812. The highest BCUT2D eigenvalue weighted by Gasteiger charge is 2.15. The lowest BCUT2D eigenvalue weighted by Crippen LogP contribution is -2.04. The van der Waals surface area contributed by atoms with Crippen molar-refractivity contribution < 1.29 is 9.50 Å². The minimum Gasteiger partial charge on any atom is -0.396 e. The number of halogens is 1. The molecule has 0 aliphatic rings. The van der Waals surface area contributed by atoms with E-state index in [9.17, 15) is 9.50 Å². The first-order valence-electron chi connectivity index (χ1n) is 6.09. The van der Waals surface area contributed by atoms with Crippen LogP contribution < -0.4 is 0 Å². The molecule has 2 aromatic rings. The van der Waals surface area contributed by atoms with Crippen molar-refractivity contribution in [3.8, 4) is 11.3 Å². The highest BCUT2D eigenvalue weighted by Crippen LogP contribution is 2.25. The minimum atomic E-state index is -0.273. The zero-order valence-corrected chi connectivity index (χ0v) is 10.6. The number of aromatic amines is 1. The van der Waals surface area contributed by atoms with Gasteiger partial charge in [0.05, 0.1) is 12.3 Å². The molecule has 1 atom stereocenters. The molecule has 0 spiro atoms. The van der Waals surface area contributed by atoms with Crippen LogP contribution in [-0.4, -0.2) is 21.7 Å².